The summed E-state index contributed by atoms with van der Waals surface area (Å²) in [5, 5.41) is 17.5. The number of carboxylic acid groups (broad SMARTS) is 1. The lowest BCUT2D eigenvalue weighted by molar-refractivity contribution is 0.109. The van der Waals surface area contributed by atoms with Crippen LogP contribution in [0.4, 0.5) is 4.79 Å². The lowest BCUT2D eigenvalue weighted by atomic mass is 10.0. The quantitative estimate of drug-likeness (QED) is 0.581. The van der Waals surface area contributed by atoms with Crippen LogP contribution in [-0.2, 0) is 0 Å². The van der Waals surface area contributed by atoms with Crippen molar-refractivity contribution in [2.45, 2.75) is 19.4 Å². The molecule has 4 heteroatoms. The molecule has 0 aromatic carbocycles. The van der Waals surface area contributed by atoms with Gasteiger partial charge >= 0.3 is 6.09 Å². The van der Waals surface area contributed by atoms with Crippen molar-refractivity contribution < 1.29 is 15.0 Å². The Hall–Kier alpha value is -0.770. The Kier molecular flexibility index (Phi) is 2.34. The Labute approximate surface area is 65.4 Å². The summed E-state index contributed by atoms with van der Waals surface area (Å²) in [4.78, 5) is 11.8. The second-order valence-electron chi connectivity index (χ2n) is 2.99. The predicted molar refractivity (Wildman–Crippen MR) is 39.4 cm³/mol. The highest BCUT2D eigenvalue weighted by Gasteiger charge is 2.33. The maximum Gasteiger partial charge on any atom is 0.407 e. The second-order valence-corrected chi connectivity index (χ2v) is 2.99. The summed E-state index contributed by atoms with van der Waals surface area (Å²) in [6.45, 7) is 2.46. The van der Waals surface area contributed by atoms with Crippen molar-refractivity contribution in [1.82, 2.24) is 4.90 Å². The Balaban J connectivity index is 2.61. The first-order valence-corrected chi connectivity index (χ1v) is 3.77. The monoisotopic (exact) mass is 159 g/mol. The van der Waals surface area contributed by atoms with Gasteiger partial charge in [-0.2, -0.15) is 0 Å². The van der Waals surface area contributed by atoms with Crippen molar-refractivity contribution in [3.8, 4) is 0 Å². The summed E-state index contributed by atoms with van der Waals surface area (Å²) >= 11 is 0. The van der Waals surface area contributed by atoms with Crippen LogP contribution in [0.2, 0.25) is 0 Å². The number of amides is 1. The van der Waals surface area contributed by atoms with Crippen LogP contribution in [0.25, 0.3) is 0 Å². The van der Waals surface area contributed by atoms with Crippen molar-refractivity contribution in [3.63, 3.8) is 0 Å². The van der Waals surface area contributed by atoms with Crippen molar-refractivity contribution in [1.29, 1.82) is 0 Å². The first-order valence-electron chi connectivity index (χ1n) is 3.77. The van der Waals surface area contributed by atoms with Crippen LogP contribution in [0.15, 0.2) is 0 Å². The van der Waals surface area contributed by atoms with Crippen molar-refractivity contribution in [2.75, 3.05) is 13.2 Å². The van der Waals surface area contributed by atoms with Gasteiger partial charge in [0.25, 0.3) is 0 Å². The van der Waals surface area contributed by atoms with Gasteiger partial charge in [0.05, 0.1) is 12.6 Å². The molecule has 2 unspecified atom stereocenters. The minimum atomic E-state index is -0.923. The molecular formula is C7H13NO3. The smallest absolute Gasteiger partial charge is 0.407 e. The third kappa shape index (κ3) is 1.45. The fraction of sp³-hybridized carbons (Fsp3) is 0.857. The Morgan fingerprint density at radius 3 is 2.73 bits per heavy atom. The number of carbonyl (C=O) groups is 1. The highest BCUT2D eigenvalue weighted by molar-refractivity contribution is 5.65. The second kappa shape index (κ2) is 3.09. The van der Waals surface area contributed by atoms with Gasteiger partial charge < -0.3 is 15.1 Å². The molecule has 2 N–H and O–H groups in total. The van der Waals surface area contributed by atoms with Gasteiger partial charge in [0.2, 0.25) is 0 Å². The normalized spacial score (nSPS) is 30.9. The maximum atomic E-state index is 10.5. The predicted octanol–water partition coefficient (Wildman–Crippen LogP) is 0.367. The number of hydrogen-bond donors (Lipinski definition) is 2. The number of rotatable bonds is 1. The van der Waals surface area contributed by atoms with E-state index in [1.54, 1.807) is 0 Å². The Morgan fingerprint density at radius 1 is 1.73 bits per heavy atom. The summed E-state index contributed by atoms with van der Waals surface area (Å²) in [7, 11) is 0. The van der Waals surface area contributed by atoms with E-state index in [4.69, 9.17) is 10.2 Å². The van der Waals surface area contributed by atoms with Gasteiger partial charge in [-0.15, -0.1) is 0 Å². The van der Waals surface area contributed by atoms with Gasteiger partial charge in [-0.3, -0.25) is 0 Å². The Morgan fingerprint density at radius 2 is 2.36 bits per heavy atom. The summed E-state index contributed by atoms with van der Waals surface area (Å²) in [5.74, 6) is 0.288. The number of likely N-dealkylation sites (tertiary alicyclic amines) is 1. The SMILES string of the molecule is CC1CCN(C(=O)O)C1CO. The fourth-order valence-corrected chi connectivity index (χ4v) is 1.52. The molecule has 4 nitrogen and oxygen atoms in total. The van der Waals surface area contributed by atoms with Gasteiger partial charge in [-0.1, -0.05) is 6.92 Å². The largest absolute Gasteiger partial charge is 0.465 e. The zero-order chi connectivity index (χ0) is 8.43. The van der Waals surface area contributed by atoms with E-state index >= 15 is 0 Å². The molecule has 1 rings (SSSR count). The summed E-state index contributed by atoms with van der Waals surface area (Å²) in [6.07, 6.45) is -0.0641. The summed E-state index contributed by atoms with van der Waals surface area (Å²) in [6, 6.07) is -0.188. The van der Waals surface area contributed by atoms with Crippen LogP contribution >= 0.6 is 0 Å². The number of aliphatic hydroxyl groups is 1. The molecule has 1 heterocycles. The van der Waals surface area contributed by atoms with Gasteiger partial charge in [0.1, 0.15) is 0 Å². The average Bonchev–Trinajstić information content (AvgIpc) is 2.30. The van der Waals surface area contributed by atoms with E-state index < -0.39 is 6.09 Å². The maximum absolute atomic E-state index is 10.5. The van der Waals surface area contributed by atoms with Gasteiger partial charge in [-0.25, -0.2) is 4.79 Å². The lowest BCUT2D eigenvalue weighted by Crippen LogP contribution is -2.38. The fourth-order valence-electron chi connectivity index (χ4n) is 1.52. The number of aliphatic hydroxyl groups excluding tert-OH is 1. The van der Waals surface area contributed by atoms with Gasteiger partial charge in [0.15, 0.2) is 0 Å². The van der Waals surface area contributed by atoms with Gasteiger partial charge in [0, 0.05) is 6.54 Å². The van der Waals surface area contributed by atoms with Crippen LogP contribution in [-0.4, -0.2) is 40.4 Å². The van der Waals surface area contributed by atoms with E-state index in [1.165, 1.54) is 4.90 Å². The van der Waals surface area contributed by atoms with E-state index in [0.29, 0.717) is 6.54 Å². The first kappa shape index (κ1) is 8.33. The molecule has 1 aliphatic rings. The third-order valence-electron chi connectivity index (χ3n) is 2.32. The van der Waals surface area contributed by atoms with E-state index in [2.05, 4.69) is 0 Å². The summed E-state index contributed by atoms with van der Waals surface area (Å²) in [5.41, 5.74) is 0. The van der Waals surface area contributed by atoms with Gasteiger partial charge in [-0.05, 0) is 12.3 Å². The highest BCUT2D eigenvalue weighted by Crippen LogP contribution is 2.22. The van der Waals surface area contributed by atoms with E-state index in [9.17, 15) is 4.79 Å². The first-order chi connectivity index (χ1) is 5.16. The molecule has 64 valence electrons. The standard InChI is InChI=1S/C7H13NO3/c1-5-2-3-8(7(10)11)6(5)4-9/h5-6,9H,2-4H2,1H3,(H,10,11). The average molecular weight is 159 g/mol. The van der Waals surface area contributed by atoms with Crippen LogP contribution in [0.5, 0.6) is 0 Å². The molecule has 11 heavy (non-hydrogen) atoms. The molecule has 1 saturated heterocycles. The molecule has 0 radical (unpaired) electrons. The zero-order valence-corrected chi connectivity index (χ0v) is 6.53. The third-order valence-corrected chi connectivity index (χ3v) is 2.32. The molecule has 0 aliphatic carbocycles. The van der Waals surface area contributed by atoms with Crippen LogP contribution in [0, 0.1) is 5.92 Å². The minimum absolute atomic E-state index is 0.0620. The molecule has 0 aromatic heterocycles. The van der Waals surface area contributed by atoms with Crippen molar-refractivity contribution in [3.05, 3.63) is 0 Å². The van der Waals surface area contributed by atoms with Crippen LogP contribution < -0.4 is 0 Å². The molecule has 0 spiro atoms. The molecule has 1 aliphatic heterocycles. The molecule has 0 bridgehead atoms. The molecule has 1 amide bonds. The number of hydrogen-bond acceptors (Lipinski definition) is 2. The summed E-state index contributed by atoms with van der Waals surface area (Å²) < 4.78 is 0. The van der Waals surface area contributed by atoms with E-state index in [1.807, 2.05) is 6.92 Å². The highest BCUT2D eigenvalue weighted by atomic mass is 16.4. The lowest BCUT2D eigenvalue weighted by Gasteiger charge is -2.21. The Bertz CT molecular complexity index is 160. The molecular weight excluding hydrogens is 146 g/mol. The van der Waals surface area contributed by atoms with Crippen molar-refractivity contribution in [2.24, 2.45) is 5.92 Å². The van der Waals surface area contributed by atoms with E-state index in [-0.39, 0.29) is 18.6 Å². The van der Waals surface area contributed by atoms with Crippen LogP contribution in [0.1, 0.15) is 13.3 Å². The minimum Gasteiger partial charge on any atom is -0.465 e. The van der Waals surface area contributed by atoms with E-state index in [0.717, 1.165) is 6.42 Å². The topological polar surface area (TPSA) is 60.8 Å². The molecule has 1 fully saturated rings. The molecule has 0 aromatic rings. The van der Waals surface area contributed by atoms with Crippen molar-refractivity contribution >= 4 is 6.09 Å². The van der Waals surface area contributed by atoms with Crippen LogP contribution in [0.3, 0.4) is 0 Å². The molecule has 0 saturated carbocycles. The molecule has 2 atom stereocenters. The zero-order valence-electron chi connectivity index (χ0n) is 6.53. The number of nitrogens with zero attached hydrogens (tertiary/aromatic N) is 1.